The number of carbonyl (C=O) groups excluding carboxylic acids is 1. The number of carbonyl (C=O) groups is 2. The molecule has 1 aromatic rings. The monoisotopic (exact) mass is 595 g/mol. The molecule has 2 unspecified atom stereocenters. The summed E-state index contributed by atoms with van der Waals surface area (Å²) in [7, 11) is 0. The van der Waals surface area contributed by atoms with Gasteiger partial charge >= 0.3 is 17.6 Å². The van der Waals surface area contributed by atoms with E-state index in [0.29, 0.717) is 11.0 Å². The molecule has 2 aliphatic rings. The van der Waals surface area contributed by atoms with Gasteiger partial charge < -0.3 is 25.4 Å². The van der Waals surface area contributed by atoms with E-state index < -0.39 is 59.9 Å². The van der Waals surface area contributed by atoms with Crippen LogP contribution < -0.4 is 11.0 Å². The highest BCUT2D eigenvalue weighted by atomic mass is 19.3. The fourth-order valence-corrected chi connectivity index (χ4v) is 5.75. The van der Waals surface area contributed by atoms with Gasteiger partial charge in [-0.15, -0.1) is 0 Å². The Kier molecular flexibility index (Phi) is 12.4. The molecular formula is C30H43F2N3O7. The van der Waals surface area contributed by atoms with E-state index in [4.69, 9.17) is 4.74 Å². The highest BCUT2D eigenvalue weighted by molar-refractivity contribution is 5.91. The maximum Gasteiger partial charge on any atom is 0.351 e. The lowest BCUT2D eigenvalue weighted by Crippen LogP contribution is -2.42. The highest BCUT2D eigenvalue weighted by Crippen LogP contribution is 2.43. The number of ether oxygens (including phenoxy) is 1. The van der Waals surface area contributed by atoms with Crippen molar-refractivity contribution in [1.82, 2.24) is 9.55 Å². The van der Waals surface area contributed by atoms with Gasteiger partial charge in [0.1, 0.15) is 11.9 Å². The summed E-state index contributed by atoms with van der Waals surface area (Å²) in [6.07, 6.45) is 13.1. The van der Waals surface area contributed by atoms with Crippen LogP contribution in [0.2, 0.25) is 0 Å². The number of aliphatic carboxylic acids is 1. The molecule has 1 aromatic heterocycles. The lowest BCUT2D eigenvalue weighted by molar-refractivity contribution is -0.144. The molecule has 1 saturated heterocycles. The molecule has 0 radical (unpaired) electrons. The average molecular weight is 596 g/mol. The standard InChI is InChI=1S/C30H43F2N3O7/c1-2-3-4-5-6-7-8-9-10-12-16-29(17-13-11-14-21(29)26(39)40)19-24(37)33-23-15-18-35(28(41)34-23)27-30(31,32)25(38)22(20-36)42-27/h11,13-15,17-18,21-22,25,27,36,38H,2-10,12,16,19-20H2,1H3,(H,39,40)(H,33,34,37,41)/t21?,22-,25-,27-,29?/m1/s1. The van der Waals surface area contributed by atoms with Crippen molar-refractivity contribution in [3.8, 4) is 0 Å². The molecule has 1 aliphatic heterocycles. The molecule has 234 valence electrons. The number of carboxylic acids is 1. The van der Waals surface area contributed by atoms with Crippen LogP contribution in [0, 0.1) is 11.3 Å². The van der Waals surface area contributed by atoms with Gasteiger partial charge in [0.25, 0.3) is 0 Å². The van der Waals surface area contributed by atoms with Crippen molar-refractivity contribution in [2.24, 2.45) is 11.3 Å². The molecule has 4 N–H and O–H groups in total. The van der Waals surface area contributed by atoms with Gasteiger partial charge in [0.15, 0.2) is 6.10 Å². The summed E-state index contributed by atoms with van der Waals surface area (Å²) in [5.74, 6) is -6.59. The second-order valence-electron chi connectivity index (χ2n) is 11.3. The number of aliphatic hydroxyl groups excluding tert-OH is 2. The number of anilines is 1. The minimum absolute atomic E-state index is 0.179. The number of allylic oxidation sites excluding steroid dienone is 3. The van der Waals surface area contributed by atoms with Crippen LogP contribution in [0.3, 0.4) is 0 Å². The first-order chi connectivity index (χ1) is 20.1. The number of carboxylic acid groups (broad SMARTS) is 1. The summed E-state index contributed by atoms with van der Waals surface area (Å²) in [6.45, 7) is 1.32. The van der Waals surface area contributed by atoms with E-state index in [0.717, 1.165) is 37.9 Å². The molecule has 12 heteroatoms. The minimum atomic E-state index is -3.86. The van der Waals surface area contributed by atoms with E-state index in [2.05, 4.69) is 17.2 Å². The van der Waals surface area contributed by atoms with E-state index in [1.165, 1.54) is 38.5 Å². The number of rotatable bonds is 17. The number of halogens is 2. The van der Waals surface area contributed by atoms with Crippen molar-refractivity contribution in [1.29, 1.82) is 0 Å². The molecule has 1 amide bonds. The molecule has 10 nitrogen and oxygen atoms in total. The first kappa shape index (κ1) is 33.5. The molecule has 1 aliphatic carbocycles. The summed E-state index contributed by atoms with van der Waals surface area (Å²) in [5.41, 5.74) is -2.14. The van der Waals surface area contributed by atoms with Crippen LogP contribution in [0.15, 0.2) is 41.4 Å². The Morgan fingerprint density at radius 3 is 2.29 bits per heavy atom. The Morgan fingerprint density at radius 2 is 1.71 bits per heavy atom. The first-order valence-electron chi connectivity index (χ1n) is 14.9. The zero-order chi connectivity index (χ0) is 30.8. The molecule has 0 aromatic carbocycles. The topological polar surface area (TPSA) is 151 Å². The average Bonchev–Trinajstić information content (AvgIpc) is 3.17. The lowest BCUT2D eigenvalue weighted by atomic mass is 9.67. The van der Waals surface area contributed by atoms with Crippen LogP contribution in [0.1, 0.15) is 90.2 Å². The van der Waals surface area contributed by atoms with E-state index >= 15 is 0 Å². The smallest absolute Gasteiger partial charge is 0.351 e. The number of alkyl halides is 2. The van der Waals surface area contributed by atoms with Crippen molar-refractivity contribution in [3.63, 3.8) is 0 Å². The molecule has 0 bridgehead atoms. The van der Waals surface area contributed by atoms with Crippen molar-refractivity contribution >= 4 is 17.7 Å². The number of aromatic nitrogens is 2. The molecule has 3 rings (SSSR count). The number of nitrogens with zero attached hydrogens (tertiary/aromatic N) is 2. The predicted octanol–water partition coefficient (Wildman–Crippen LogP) is 4.58. The quantitative estimate of drug-likeness (QED) is 0.191. The second-order valence-corrected chi connectivity index (χ2v) is 11.3. The normalized spacial score (nSPS) is 26.4. The predicted molar refractivity (Wildman–Crippen MR) is 152 cm³/mol. The van der Waals surface area contributed by atoms with E-state index in [1.807, 2.05) is 0 Å². The molecule has 0 saturated carbocycles. The van der Waals surface area contributed by atoms with Crippen molar-refractivity contribution in [2.75, 3.05) is 11.9 Å². The summed E-state index contributed by atoms with van der Waals surface area (Å²) in [4.78, 5) is 41.5. The first-order valence-corrected chi connectivity index (χ1v) is 14.9. The van der Waals surface area contributed by atoms with E-state index in [1.54, 1.807) is 24.3 Å². The molecule has 42 heavy (non-hydrogen) atoms. The summed E-state index contributed by atoms with van der Waals surface area (Å²) >= 11 is 0. The third-order valence-electron chi connectivity index (χ3n) is 8.12. The fourth-order valence-electron chi connectivity index (χ4n) is 5.75. The van der Waals surface area contributed by atoms with Crippen molar-refractivity contribution < 1.29 is 38.4 Å². The van der Waals surface area contributed by atoms with Crippen LogP contribution in [-0.4, -0.2) is 61.5 Å². The van der Waals surface area contributed by atoms with Gasteiger partial charge in [0.05, 0.1) is 12.5 Å². The Labute approximate surface area is 244 Å². The van der Waals surface area contributed by atoms with Gasteiger partial charge in [-0.1, -0.05) is 95.4 Å². The fraction of sp³-hybridized carbons (Fsp3) is 0.667. The van der Waals surface area contributed by atoms with Crippen LogP contribution in [0.25, 0.3) is 0 Å². The van der Waals surface area contributed by atoms with Gasteiger partial charge in [0, 0.05) is 18.0 Å². The van der Waals surface area contributed by atoms with Gasteiger partial charge in [-0.3, -0.25) is 14.2 Å². The minimum Gasteiger partial charge on any atom is -0.481 e. The Balaban J connectivity index is 1.62. The third kappa shape index (κ3) is 8.32. The SMILES string of the molecule is CCCCCCCCCCCCC1(CC(=O)Nc2ccn([C@@H]3O[C@H](CO)[C@@H](O)C3(F)F)c(=O)n2)C=CC=CC1C(=O)O. The van der Waals surface area contributed by atoms with Crippen LogP contribution in [0.4, 0.5) is 14.6 Å². The zero-order valence-corrected chi connectivity index (χ0v) is 24.1. The van der Waals surface area contributed by atoms with Crippen LogP contribution in [0.5, 0.6) is 0 Å². The highest BCUT2D eigenvalue weighted by Gasteiger charge is 2.59. The third-order valence-corrected chi connectivity index (χ3v) is 8.12. The zero-order valence-electron chi connectivity index (χ0n) is 24.1. The van der Waals surface area contributed by atoms with Crippen molar-refractivity contribution in [2.45, 2.75) is 108 Å². The summed E-state index contributed by atoms with van der Waals surface area (Å²) in [5, 5.41) is 31.3. The van der Waals surface area contributed by atoms with Gasteiger partial charge in [-0.25, -0.2) is 4.79 Å². The summed E-state index contributed by atoms with van der Waals surface area (Å²) < 4.78 is 34.4. The molecule has 1 fully saturated rings. The Hall–Kier alpha value is -2.96. The van der Waals surface area contributed by atoms with E-state index in [-0.39, 0.29) is 12.2 Å². The lowest BCUT2D eigenvalue weighted by Gasteiger charge is -2.36. The number of amides is 1. The maximum atomic E-state index is 14.5. The van der Waals surface area contributed by atoms with Gasteiger partial charge in [-0.2, -0.15) is 13.8 Å². The van der Waals surface area contributed by atoms with E-state index in [9.17, 15) is 38.5 Å². The maximum absolute atomic E-state index is 14.5. The summed E-state index contributed by atoms with van der Waals surface area (Å²) in [6, 6.07) is 1.14. The Morgan fingerprint density at radius 1 is 1.07 bits per heavy atom. The largest absolute Gasteiger partial charge is 0.481 e. The number of unbranched alkanes of at least 4 members (excludes halogenated alkanes) is 9. The molecule has 0 spiro atoms. The number of hydrogen-bond acceptors (Lipinski definition) is 7. The Bertz CT molecular complexity index is 1170. The number of aliphatic hydroxyl groups is 2. The van der Waals surface area contributed by atoms with Crippen LogP contribution >= 0.6 is 0 Å². The van der Waals surface area contributed by atoms with Gasteiger partial charge in [0.2, 0.25) is 12.1 Å². The van der Waals surface area contributed by atoms with Crippen LogP contribution in [-0.2, 0) is 14.3 Å². The van der Waals surface area contributed by atoms with Crippen molar-refractivity contribution in [3.05, 3.63) is 47.1 Å². The molecule has 2 heterocycles. The number of nitrogens with one attached hydrogen (secondary N) is 1. The second kappa shape index (κ2) is 15.5. The van der Waals surface area contributed by atoms with Gasteiger partial charge in [-0.05, 0) is 12.5 Å². The molecular weight excluding hydrogens is 552 g/mol. The molecule has 5 atom stereocenters. The number of hydrogen-bond donors (Lipinski definition) is 4.